The molecule has 1 nitrogen and oxygen atoms in total. The number of allylic oxidation sites excluding steroid dienone is 3. The molecule has 1 atom stereocenters. The van der Waals surface area contributed by atoms with Gasteiger partial charge in [0.15, 0.2) is 0 Å². The van der Waals surface area contributed by atoms with Gasteiger partial charge in [0.05, 0.1) is 0 Å². The van der Waals surface area contributed by atoms with Gasteiger partial charge in [-0.05, 0) is 30.7 Å². The van der Waals surface area contributed by atoms with E-state index in [0.717, 1.165) is 5.76 Å². The van der Waals surface area contributed by atoms with E-state index in [0.29, 0.717) is 0 Å². The van der Waals surface area contributed by atoms with Gasteiger partial charge in [-0.1, -0.05) is 18.8 Å². The third kappa shape index (κ3) is 4.44. The Morgan fingerprint density at radius 2 is 1.88 bits per heavy atom. The van der Waals surface area contributed by atoms with E-state index in [4.69, 9.17) is 4.74 Å². The van der Waals surface area contributed by atoms with Gasteiger partial charge >= 0.3 is 26.2 Å². The summed E-state index contributed by atoms with van der Waals surface area (Å²) in [6.45, 7) is 6.65. The van der Waals surface area contributed by atoms with Crippen LogP contribution in [0.4, 0.5) is 0 Å². The quantitative estimate of drug-likeness (QED) is 0.442. The van der Waals surface area contributed by atoms with Gasteiger partial charge < -0.3 is 29.6 Å². The Bertz CT molecular complexity index is 368. The van der Waals surface area contributed by atoms with E-state index in [-0.39, 0.29) is 65.5 Å². The molecule has 1 aliphatic carbocycles. The molecular formula is C11H14Cl2OSiZr. The van der Waals surface area contributed by atoms with Crippen molar-refractivity contribution in [3.8, 4) is 0 Å². The Morgan fingerprint density at radius 3 is 2.38 bits per heavy atom. The van der Waals surface area contributed by atoms with Crippen molar-refractivity contribution < 1.29 is 55.8 Å². The van der Waals surface area contributed by atoms with Gasteiger partial charge in [-0.3, -0.25) is 0 Å². The van der Waals surface area contributed by atoms with Crippen LogP contribution in [0.5, 0.6) is 0 Å². The van der Waals surface area contributed by atoms with Crippen molar-refractivity contribution >= 4 is 14.1 Å². The normalized spacial score (nSPS) is 19.7. The van der Waals surface area contributed by atoms with Gasteiger partial charge in [-0.25, -0.2) is 0 Å². The molecule has 0 saturated heterocycles. The van der Waals surface area contributed by atoms with E-state index in [9.17, 15) is 0 Å². The Balaban J connectivity index is 0. The van der Waals surface area contributed by atoms with Gasteiger partial charge in [0.25, 0.3) is 0 Å². The zero-order valence-corrected chi connectivity index (χ0v) is 14.5. The van der Waals surface area contributed by atoms with Gasteiger partial charge in [-0.2, -0.15) is 0 Å². The van der Waals surface area contributed by atoms with E-state index >= 15 is 0 Å². The minimum Gasteiger partial charge on any atom is -1.00 e. The fourth-order valence-corrected chi connectivity index (χ4v) is 2.47. The van der Waals surface area contributed by atoms with Crippen LogP contribution in [0.15, 0.2) is 35.1 Å². The van der Waals surface area contributed by atoms with Gasteiger partial charge in [0.2, 0.25) is 0 Å². The molecule has 0 bridgehead atoms. The molecule has 2 aliphatic rings. The van der Waals surface area contributed by atoms with Crippen LogP contribution >= 0.6 is 0 Å². The largest absolute Gasteiger partial charge is 2.00 e. The van der Waals surface area contributed by atoms with Crippen molar-refractivity contribution in [3.05, 3.63) is 35.1 Å². The Hall–Kier alpha value is 0.570. The van der Waals surface area contributed by atoms with E-state index in [2.05, 4.69) is 43.9 Å². The van der Waals surface area contributed by atoms with Gasteiger partial charge in [0, 0.05) is 14.0 Å². The monoisotopic (exact) mass is 350 g/mol. The van der Waals surface area contributed by atoms with E-state index in [1.165, 1.54) is 11.1 Å². The molecular weight excluding hydrogens is 338 g/mol. The fourth-order valence-electron chi connectivity index (χ4n) is 1.65. The second-order valence-corrected chi connectivity index (χ2v) is 6.33. The fraction of sp³-hybridized carbons (Fsp3) is 0.364. The predicted octanol–water partition coefficient (Wildman–Crippen LogP) is -3.70. The molecule has 1 aliphatic heterocycles. The molecule has 5 heteroatoms. The average Bonchev–Trinajstić information content (AvgIpc) is 2.41. The van der Waals surface area contributed by atoms with Crippen LogP contribution in [0.25, 0.3) is 0 Å². The molecule has 0 aromatic heterocycles. The van der Waals surface area contributed by atoms with Crippen molar-refractivity contribution in [2.24, 2.45) is 0 Å². The molecule has 16 heavy (non-hydrogen) atoms. The molecule has 0 saturated carbocycles. The summed E-state index contributed by atoms with van der Waals surface area (Å²) >= 11 is 0. The Labute approximate surface area is 130 Å². The molecule has 1 unspecified atom stereocenters. The summed E-state index contributed by atoms with van der Waals surface area (Å²) in [5.74, 6) is 1.06. The molecule has 0 aromatic rings. The number of rotatable bonds is 1. The maximum Gasteiger partial charge on any atom is 2.00 e. The van der Waals surface area contributed by atoms with Crippen LogP contribution in [0, 0.1) is 0 Å². The van der Waals surface area contributed by atoms with Crippen LogP contribution in [0.2, 0.25) is 13.1 Å². The molecule has 0 fully saturated rings. The molecule has 0 radical (unpaired) electrons. The average molecular weight is 352 g/mol. The molecule has 0 amide bonds. The molecule has 86 valence electrons. The molecule has 0 aromatic carbocycles. The van der Waals surface area contributed by atoms with Crippen LogP contribution in [-0.2, 0) is 30.9 Å². The number of ether oxygens (including phenoxy) is 1. The maximum absolute atomic E-state index is 5.75. The van der Waals surface area contributed by atoms with Crippen LogP contribution in [0.3, 0.4) is 0 Å². The molecule has 2 rings (SSSR count). The standard InChI is InChI=1S/C11H14OSi.2ClH.Zr/c1-8-4-9-6-10(7-13(2)3)12-11(9)5-8;;;/h4-7,10H,1-3H3;2*1H;/q;;;+2/p-2. The SMILES string of the molecule is CC1=CC2=CC(C=[Si](C)C)OC2=C1.[Cl-].[Cl-].[Zr+2]. The van der Waals surface area contributed by atoms with E-state index in [1.807, 2.05) is 0 Å². The zero-order valence-electron chi connectivity index (χ0n) is 9.55. The van der Waals surface area contributed by atoms with Crippen LogP contribution in [-0.4, -0.2) is 20.2 Å². The summed E-state index contributed by atoms with van der Waals surface area (Å²) < 4.78 is 5.75. The third-order valence-electron chi connectivity index (χ3n) is 2.13. The first-order valence-corrected chi connectivity index (χ1v) is 7.17. The maximum atomic E-state index is 5.75. The smallest absolute Gasteiger partial charge is 1.00 e. The van der Waals surface area contributed by atoms with Crippen molar-refractivity contribution in [2.45, 2.75) is 26.1 Å². The van der Waals surface area contributed by atoms with E-state index in [1.54, 1.807) is 0 Å². The predicted molar refractivity (Wildman–Crippen MR) is 58.3 cm³/mol. The summed E-state index contributed by atoms with van der Waals surface area (Å²) in [4.78, 5) is 0. The van der Waals surface area contributed by atoms with Gasteiger partial charge in [-0.15, -0.1) is 0 Å². The first-order valence-electron chi connectivity index (χ1n) is 4.59. The van der Waals surface area contributed by atoms with Crippen molar-refractivity contribution in [1.82, 2.24) is 0 Å². The number of hydrogen-bond acceptors (Lipinski definition) is 1. The second kappa shape index (κ2) is 7.81. The minimum absolute atomic E-state index is 0. The van der Waals surface area contributed by atoms with Crippen LogP contribution in [0.1, 0.15) is 6.92 Å². The Kier molecular flexibility index (Phi) is 9.24. The summed E-state index contributed by atoms with van der Waals surface area (Å²) in [6.07, 6.45) is 6.73. The van der Waals surface area contributed by atoms with Crippen molar-refractivity contribution in [1.29, 1.82) is 0 Å². The number of hydrogen-bond donors (Lipinski definition) is 0. The minimum atomic E-state index is -0.304. The summed E-state index contributed by atoms with van der Waals surface area (Å²) in [6, 6.07) is 0. The molecule has 0 N–H and O–H groups in total. The first kappa shape index (κ1) is 18.9. The van der Waals surface area contributed by atoms with Crippen molar-refractivity contribution in [2.75, 3.05) is 0 Å². The second-order valence-electron chi connectivity index (χ2n) is 3.85. The molecule has 0 spiro atoms. The number of halogens is 2. The topological polar surface area (TPSA) is 9.23 Å². The summed E-state index contributed by atoms with van der Waals surface area (Å²) in [7, 11) is -0.304. The van der Waals surface area contributed by atoms with Gasteiger partial charge in [0.1, 0.15) is 11.9 Å². The van der Waals surface area contributed by atoms with E-state index < -0.39 is 0 Å². The first-order chi connectivity index (χ1) is 6.15. The third-order valence-corrected chi connectivity index (χ3v) is 3.13. The Morgan fingerprint density at radius 1 is 1.25 bits per heavy atom. The van der Waals surface area contributed by atoms with Crippen molar-refractivity contribution in [3.63, 3.8) is 0 Å². The zero-order chi connectivity index (χ0) is 9.42. The number of fused-ring (bicyclic) bond motifs is 1. The van der Waals surface area contributed by atoms with Crippen LogP contribution < -0.4 is 24.8 Å². The molecule has 1 heterocycles. The summed E-state index contributed by atoms with van der Waals surface area (Å²) in [5.41, 5.74) is 4.88. The summed E-state index contributed by atoms with van der Waals surface area (Å²) in [5, 5.41) is 0.